The van der Waals surface area contributed by atoms with Gasteiger partial charge in [0.2, 0.25) is 23.6 Å². The molecule has 4 N–H and O–H groups in total. The van der Waals surface area contributed by atoms with Crippen LogP contribution < -0.4 is 20.7 Å². The van der Waals surface area contributed by atoms with E-state index >= 15 is 0 Å². The van der Waals surface area contributed by atoms with Gasteiger partial charge in [-0.25, -0.2) is 4.98 Å². The maximum absolute atomic E-state index is 14.1. The van der Waals surface area contributed by atoms with E-state index in [0.717, 1.165) is 60.5 Å². The maximum Gasteiger partial charge on any atom is 0.246 e. The zero-order valence-electron chi connectivity index (χ0n) is 40.7. The smallest absolute Gasteiger partial charge is 0.246 e. The summed E-state index contributed by atoms with van der Waals surface area (Å²) in [7, 11) is 0. The summed E-state index contributed by atoms with van der Waals surface area (Å²) < 4.78 is 8.28. The standard InChI is InChI=1S/C53H58ClN9O6S2/c1-27(2)47(52(68)62-25-39(64)23-43(62)51(67)56-29(4)34-10-12-36(13-11-34)49-30(5)55-26-70-49)59-44(65)20-33-8-18-40(19-9-33)69-41-21-38(22-41)57-45(66)24-42-50-61-60-32(7)63(50)53-46(28(3)31(6)71-53)48(58-42)35-14-16-37(54)17-15-35/h8-19,26-27,29,38-39,41-43,47,64H,20-25H2,1-7H3,(H,56,67)(H,57,66)(H,59,65)/t29-,38-,39+,41-,42-,43-,47-/m0/s1. The van der Waals surface area contributed by atoms with Gasteiger partial charge in [-0.05, 0) is 87.1 Å². The van der Waals surface area contributed by atoms with E-state index in [1.165, 1.54) is 9.78 Å². The largest absolute Gasteiger partial charge is 0.490 e. The van der Waals surface area contributed by atoms with Crippen LogP contribution in [0, 0.1) is 33.6 Å². The third kappa shape index (κ3) is 10.7. The zero-order valence-corrected chi connectivity index (χ0v) is 43.1. The van der Waals surface area contributed by atoms with Crippen molar-refractivity contribution in [3.63, 3.8) is 0 Å². The number of ether oxygens (including phenoxy) is 1. The lowest BCUT2D eigenvalue weighted by Crippen LogP contribution is -2.55. The number of fused-ring (bicyclic) bond motifs is 3. The first-order chi connectivity index (χ1) is 34.0. The molecular formula is C53H58ClN9O6S2. The Balaban J connectivity index is 0.758. The summed E-state index contributed by atoms with van der Waals surface area (Å²) >= 11 is 9.51. The number of carbonyl (C=O) groups is 4. The minimum atomic E-state index is -0.906. The lowest BCUT2D eigenvalue weighted by atomic mass is 9.89. The number of thiophene rings is 1. The number of carbonyl (C=O) groups excluding carboxylic acids is 4. The Bertz CT molecular complexity index is 2980. The molecule has 3 aromatic heterocycles. The number of nitrogens with one attached hydrogen (secondary N) is 3. The third-order valence-corrected chi connectivity index (χ3v) is 16.1. The minimum Gasteiger partial charge on any atom is -0.490 e. The first kappa shape index (κ1) is 49.7. The van der Waals surface area contributed by atoms with E-state index in [4.69, 9.17) is 21.3 Å². The summed E-state index contributed by atoms with van der Waals surface area (Å²) in [5, 5.41) is 30.3. The molecule has 3 aromatic carbocycles. The number of benzene rings is 3. The molecule has 0 spiro atoms. The number of aromatic nitrogens is 4. The number of rotatable bonds is 15. The molecule has 5 atom stereocenters. The van der Waals surface area contributed by atoms with Crippen LogP contribution in [-0.4, -0.2) is 96.0 Å². The second kappa shape index (κ2) is 20.8. The van der Waals surface area contributed by atoms with Crippen molar-refractivity contribution in [2.45, 2.75) is 123 Å². The number of aliphatic hydroxyl groups excluding tert-OH is 1. The topological polar surface area (TPSA) is 193 Å². The summed E-state index contributed by atoms with van der Waals surface area (Å²) in [6.07, 6.45) is 0.506. The van der Waals surface area contributed by atoms with Crippen LogP contribution >= 0.6 is 34.3 Å². The Morgan fingerprint density at radius 2 is 1.58 bits per heavy atom. The van der Waals surface area contributed by atoms with E-state index in [1.54, 1.807) is 22.7 Å². The monoisotopic (exact) mass is 1020 g/mol. The second-order valence-corrected chi connectivity index (χ2v) is 21.7. The van der Waals surface area contributed by atoms with Crippen LogP contribution in [0.25, 0.3) is 15.4 Å². The highest BCUT2D eigenvalue weighted by Crippen LogP contribution is 2.40. The van der Waals surface area contributed by atoms with Crippen molar-refractivity contribution < 1.29 is 29.0 Å². The molecule has 0 bridgehead atoms. The van der Waals surface area contributed by atoms with Gasteiger partial charge in [0.25, 0.3) is 0 Å². The summed E-state index contributed by atoms with van der Waals surface area (Å²) in [5.41, 5.74) is 9.29. The highest BCUT2D eigenvalue weighted by Gasteiger charge is 2.43. The van der Waals surface area contributed by atoms with Crippen molar-refractivity contribution in [2.24, 2.45) is 10.9 Å². The molecule has 1 saturated heterocycles. The lowest BCUT2D eigenvalue weighted by molar-refractivity contribution is -0.142. The number of aryl methyl sites for hydroxylation is 3. The number of amides is 4. The summed E-state index contributed by atoms with van der Waals surface area (Å²) in [4.78, 5) is 68.1. The lowest BCUT2D eigenvalue weighted by Gasteiger charge is -2.36. The fraction of sp³-hybridized carbons (Fsp3) is 0.396. The highest BCUT2D eigenvalue weighted by atomic mass is 35.5. The van der Waals surface area contributed by atoms with Crippen molar-refractivity contribution in [1.82, 2.24) is 40.6 Å². The van der Waals surface area contributed by atoms with E-state index in [2.05, 4.69) is 45.0 Å². The van der Waals surface area contributed by atoms with Crippen LogP contribution in [-0.2, 0) is 25.6 Å². The third-order valence-electron chi connectivity index (χ3n) is 13.7. The minimum absolute atomic E-state index is 0.00797. The molecule has 2 aliphatic heterocycles. The van der Waals surface area contributed by atoms with Crippen LogP contribution in [0.3, 0.4) is 0 Å². The maximum atomic E-state index is 14.1. The molecule has 5 heterocycles. The number of aliphatic hydroxyl groups is 1. The molecule has 6 aromatic rings. The molecule has 3 aliphatic rings. The number of likely N-dealkylation sites (tertiary alicyclic amines) is 1. The van der Waals surface area contributed by atoms with Crippen molar-refractivity contribution in [3.8, 4) is 21.2 Å². The number of aliphatic imine (C=N–C) groups is 1. The molecular weight excluding hydrogens is 958 g/mol. The van der Waals surface area contributed by atoms with Crippen LogP contribution in [0.1, 0.15) is 109 Å². The van der Waals surface area contributed by atoms with Gasteiger partial charge < -0.3 is 30.7 Å². The molecule has 18 heteroatoms. The normalized spacial score (nSPS) is 20.2. The molecule has 0 unspecified atom stereocenters. The van der Waals surface area contributed by atoms with E-state index < -0.39 is 30.1 Å². The molecule has 15 nitrogen and oxygen atoms in total. The molecule has 4 amide bonds. The summed E-state index contributed by atoms with van der Waals surface area (Å²) in [6.45, 7) is 13.6. The second-order valence-electron chi connectivity index (χ2n) is 19.2. The van der Waals surface area contributed by atoms with Gasteiger partial charge in [-0.2, -0.15) is 0 Å². The number of hydrogen-bond donors (Lipinski definition) is 4. The number of hydrogen-bond acceptors (Lipinski definition) is 12. The summed E-state index contributed by atoms with van der Waals surface area (Å²) in [5.74, 6) is 0.450. The van der Waals surface area contributed by atoms with Crippen molar-refractivity contribution in [2.75, 3.05) is 6.54 Å². The van der Waals surface area contributed by atoms with E-state index in [0.29, 0.717) is 29.4 Å². The van der Waals surface area contributed by atoms with Crippen LogP contribution in [0.2, 0.25) is 5.02 Å². The van der Waals surface area contributed by atoms with Gasteiger partial charge in [0, 0.05) is 52.9 Å². The van der Waals surface area contributed by atoms with Gasteiger partial charge in [-0.15, -0.1) is 32.9 Å². The predicted octanol–water partition coefficient (Wildman–Crippen LogP) is 7.87. The number of halogens is 1. The number of β-amino-alcohol motifs (C(OH)–C–C–N with tert-alkyl or cyclic N) is 1. The first-order valence-electron chi connectivity index (χ1n) is 24.0. The Morgan fingerprint density at radius 3 is 2.25 bits per heavy atom. The van der Waals surface area contributed by atoms with Crippen molar-refractivity contribution >= 4 is 63.6 Å². The van der Waals surface area contributed by atoms with Crippen LogP contribution in [0.5, 0.6) is 5.75 Å². The molecule has 370 valence electrons. The number of nitrogens with zero attached hydrogens (tertiary/aromatic N) is 6. The molecule has 9 rings (SSSR count). The van der Waals surface area contributed by atoms with Gasteiger partial charge in [-0.3, -0.25) is 28.7 Å². The van der Waals surface area contributed by atoms with E-state index in [1.807, 2.05) is 117 Å². The Hall–Kier alpha value is -6.27. The molecule has 1 saturated carbocycles. The quantitative estimate of drug-likeness (QED) is 0.0793. The zero-order chi connectivity index (χ0) is 50.2. The predicted molar refractivity (Wildman–Crippen MR) is 275 cm³/mol. The Morgan fingerprint density at radius 1 is 0.873 bits per heavy atom. The fourth-order valence-corrected chi connectivity index (χ4v) is 11.7. The van der Waals surface area contributed by atoms with Crippen LogP contribution in [0.4, 0.5) is 0 Å². The molecule has 2 fully saturated rings. The number of thiazole rings is 1. The van der Waals surface area contributed by atoms with Crippen molar-refractivity contribution in [1.29, 1.82) is 0 Å². The van der Waals surface area contributed by atoms with E-state index in [9.17, 15) is 24.3 Å². The Labute approximate surface area is 426 Å². The SMILES string of the molecule is Cc1ncsc1-c1ccc([C@H](C)NC(=O)[C@@H]2C[C@@H](O)CN2C(=O)[C@@H](NC(=O)Cc2ccc(O[C@H]3C[C@H](NC(=O)C[C@@H]4N=C(c5ccc(Cl)cc5)c5c(sc(C)c5C)-n5c(C)nnc54)C3)cc2)C(C)C)cc1. The molecule has 1 aliphatic carbocycles. The van der Waals surface area contributed by atoms with Gasteiger partial charge in [0.05, 0.1) is 46.8 Å². The van der Waals surface area contributed by atoms with Gasteiger partial charge >= 0.3 is 0 Å². The highest BCUT2D eigenvalue weighted by molar-refractivity contribution is 7.15. The van der Waals surface area contributed by atoms with Gasteiger partial charge in [0.1, 0.15) is 40.8 Å². The average Bonchev–Trinajstić information content (AvgIpc) is 4.10. The van der Waals surface area contributed by atoms with Gasteiger partial charge in [0.15, 0.2) is 5.82 Å². The first-order valence-corrected chi connectivity index (χ1v) is 26.1. The molecule has 71 heavy (non-hydrogen) atoms. The fourth-order valence-electron chi connectivity index (χ4n) is 9.56. The molecule has 0 radical (unpaired) electrons. The van der Waals surface area contributed by atoms with E-state index in [-0.39, 0.29) is 67.6 Å². The van der Waals surface area contributed by atoms with Crippen LogP contribution in [0.15, 0.2) is 83.3 Å². The Kier molecular flexibility index (Phi) is 14.6. The van der Waals surface area contributed by atoms with Gasteiger partial charge in [-0.1, -0.05) is 74.0 Å². The van der Waals surface area contributed by atoms with Crippen molar-refractivity contribution in [3.05, 3.63) is 133 Å². The summed E-state index contributed by atoms with van der Waals surface area (Å²) in [6, 6.07) is 20.0. The average molecular weight is 1020 g/mol.